The van der Waals surface area contributed by atoms with E-state index in [1.165, 1.54) is 31.3 Å². The van der Waals surface area contributed by atoms with Crippen LogP contribution in [0.25, 0.3) is 0 Å². The van der Waals surface area contributed by atoms with Crippen LogP contribution in [0.1, 0.15) is 17.3 Å². The predicted molar refractivity (Wildman–Crippen MR) is 68.4 cm³/mol. The summed E-state index contributed by atoms with van der Waals surface area (Å²) in [5.74, 6) is 0.0695. The van der Waals surface area contributed by atoms with Crippen LogP contribution in [0.15, 0.2) is 41.0 Å². The third kappa shape index (κ3) is 3.13. The highest BCUT2D eigenvalue weighted by atomic mass is 79.9. The number of nitrogens with zero attached hydrogens (tertiary/aromatic N) is 1. The van der Waals surface area contributed by atoms with Crippen molar-refractivity contribution in [1.29, 1.82) is 0 Å². The molecule has 3 nitrogen and oxygen atoms in total. The van der Waals surface area contributed by atoms with Crippen molar-refractivity contribution in [3.8, 4) is 11.6 Å². The maximum absolute atomic E-state index is 13.2. The summed E-state index contributed by atoms with van der Waals surface area (Å²) in [5, 5.41) is 0. The lowest BCUT2D eigenvalue weighted by molar-refractivity contribution is 0.101. The molecule has 2 aromatic rings. The summed E-state index contributed by atoms with van der Waals surface area (Å²) in [6.07, 6.45) is 1.47. The molecule has 5 heteroatoms. The topological polar surface area (TPSA) is 39.2 Å². The number of ketones is 1. The zero-order chi connectivity index (χ0) is 13.1. The fourth-order valence-corrected chi connectivity index (χ4v) is 1.84. The number of aromatic nitrogens is 1. The highest BCUT2D eigenvalue weighted by molar-refractivity contribution is 9.10. The van der Waals surface area contributed by atoms with E-state index in [4.69, 9.17) is 4.74 Å². The van der Waals surface area contributed by atoms with Gasteiger partial charge in [0.25, 0.3) is 0 Å². The van der Waals surface area contributed by atoms with E-state index in [-0.39, 0.29) is 11.7 Å². The second-order valence-corrected chi connectivity index (χ2v) is 4.56. The average Bonchev–Trinajstić information content (AvgIpc) is 2.27. The van der Waals surface area contributed by atoms with Crippen LogP contribution >= 0.6 is 15.9 Å². The number of benzene rings is 1. The van der Waals surface area contributed by atoms with Gasteiger partial charge in [-0.25, -0.2) is 9.37 Å². The van der Waals surface area contributed by atoms with E-state index in [0.29, 0.717) is 15.8 Å². The van der Waals surface area contributed by atoms with Gasteiger partial charge in [0, 0.05) is 28.4 Å². The molecule has 0 saturated carbocycles. The van der Waals surface area contributed by atoms with E-state index in [2.05, 4.69) is 20.9 Å². The van der Waals surface area contributed by atoms with Gasteiger partial charge in [-0.1, -0.05) is 15.9 Å². The van der Waals surface area contributed by atoms with E-state index in [1.807, 2.05) is 0 Å². The quantitative estimate of drug-likeness (QED) is 0.805. The highest BCUT2D eigenvalue weighted by Gasteiger charge is 2.05. The number of halogens is 2. The Morgan fingerprint density at radius 3 is 2.78 bits per heavy atom. The molecule has 1 aromatic carbocycles. The first kappa shape index (κ1) is 12.7. The molecule has 18 heavy (non-hydrogen) atoms. The molecule has 0 amide bonds. The summed E-state index contributed by atoms with van der Waals surface area (Å²) in [5.41, 5.74) is 0.496. The number of hydrogen-bond donors (Lipinski definition) is 0. The van der Waals surface area contributed by atoms with Crippen molar-refractivity contribution in [3.63, 3.8) is 0 Å². The lowest BCUT2D eigenvalue weighted by Crippen LogP contribution is -1.95. The van der Waals surface area contributed by atoms with Gasteiger partial charge in [0.15, 0.2) is 5.78 Å². The van der Waals surface area contributed by atoms with Crippen LogP contribution in [0.4, 0.5) is 4.39 Å². The smallest absolute Gasteiger partial charge is 0.219 e. The van der Waals surface area contributed by atoms with E-state index in [0.717, 1.165) is 0 Å². The standard InChI is InChI=1S/C13H9BrFNO2/c1-8(17)9-2-3-16-13(4-9)18-12-6-10(14)5-11(15)7-12/h2-7H,1H3. The second kappa shape index (κ2) is 5.27. The Morgan fingerprint density at radius 2 is 2.11 bits per heavy atom. The van der Waals surface area contributed by atoms with Gasteiger partial charge in [0.05, 0.1) is 0 Å². The molecule has 0 aliphatic rings. The molecule has 0 atom stereocenters. The lowest BCUT2D eigenvalue weighted by Gasteiger charge is -2.06. The van der Waals surface area contributed by atoms with Gasteiger partial charge in [-0.15, -0.1) is 0 Å². The summed E-state index contributed by atoms with van der Waals surface area (Å²) in [6, 6.07) is 7.29. The molecular weight excluding hydrogens is 301 g/mol. The molecule has 0 bridgehead atoms. The fourth-order valence-electron chi connectivity index (χ4n) is 1.39. The summed E-state index contributed by atoms with van der Waals surface area (Å²) < 4.78 is 19.1. The normalized spacial score (nSPS) is 10.2. The number of carbonyl (C=O) groups excluding carboxylic acids is 1. The van der Waals surface area contributed by atoms with Crippen LogP contribution in [0, 0.1) is 5.82 Å². The first-order valence-electron chi connectivity index (χ1n) is 5.15. The molecule has 0 radical (unpaired) electrons. The van der Waals surface area contributed by atoms with Crippen LogP contribution in [0.2, 0.25) is 0 Å². The minimum Gasteiger partial charge on any atom is -0.439 e. The zero-order valence-corrected chi connectivity index (χ0v) is 11.1. The second-order valence-electron chi connectivity index (χ2n) is 3.65. The van der Waals surface area contributed by atoms with Crippen LogP contribution in [0.5, 0.6) is 11.6 Å². The van der Waals surface area contributed by atoms with Crippen molar-refractivity contribution in [2.24, 2.45) is 0 Å². The molecule has 0 aliphatic heterocycles. The molecule has 1 heterocycles. The predicted octanol–water partition coefficient (Wildman–Crippen LogP) is 3.98. The summed E-state index contributed by atoms with van der Waals surface area (Å²) in [6.45, 7) is 1.46. The molecule has 0 aliphatic carbocycles. The minimum absolute atomic E-state index is 0.0809. The fraction of sp³-hybridized carbons (Fsp3) is 0.0769. The van der Waals surface area contributed by atoms with Crippen LogP contribution in [0.3, 0.4) is 0 Å². The van der Waals surface area contributed by atoms with E-state index in [1.54, 1.807) is 12.1 Å². The van der Waals surface area contributed by atoms with Gasteiger partial charge in [0.1, 0.15) is 11.6 Å². The monoisotopic (exact) mass is 309 g/mol. The number of hydrogen-bond acceptors (Lipinski definition) is 3. The Balaban J connectivity index is 2.28. The number of rotatable bonds is 3. The van der Waals surface area contributed by atoms with Gasteiger partial charge in [0.2, 0.25) is 5.88 Å². The summed E-state index contributed by atoms with van der Waals surface area (Å²) in [4.78, 5) is 15.2. The summed E-state index contributed by atoms with van der Waals surface area (Å²) >= 11 is 3.17. The van der Waals surface area contributed by atoms with Gasteiger partial charge >= 0.3 is 0 Å². The maximum Gasteiger partial charge on any atom is 0.219 e. The first-order valence-corrected chi connectivity index (χ1v) is 5.95. The number of Topliss-reactive ketones (excluding diaryl/α,β-unsaturated/α-hetero) is 1. The Labute approximate surface area is 112 Å². The summed E-state index contributed by atoms with van der Waals surface area (Å²) in [7, 11) is 0. The van der Waals surface area contributed by atoms with E-state index in [9.17, 15) is 9.18 Å². The molecule has 0 unspecified atom stereocenters. The average molecular weight is 310 g/mol. The van der Waals surface area contributed by atoms with E-state index >= 15 is 0 Å². The Morgan fingerprint density at radius 1 is 1.33 bits per heavy atom. The molecule has 2 rings (SSSR count). The Kier molecular flexibility index (Phi) is 3.72. The van der Waals surface area contributed by atoms with Crippen LogP contribution in [-0.4, -0.2) is 10.8 Å². The number of ether oxygens (including phenoxy) is 1. The van der Waals surface area contributed by atoms with Gasteiger partial charge in [-0.3, -0.25) is 4.79 Å². The Bertz CT molecular complexity index is 581. The third-order valence-electron chi connectivity index (χ3n) is 2.20. The van der Waals surface area contributed by atoms with Crippen LogP contribution < -0.4 is 4.74 Å². The van der Waals surface area contributed by atoms with Crippen molar-refractivity contribution < 1.29 is 13.9 Å². The molecule has 0 saturated heterocycles. The zero-order valence-electron chi connectivity index (χ0n) is 9.48. The van der Waals surface area contributed by atoms with Gasteiger partial charge in [-0.2, -0.15) is 0 Å². The Hall–Kier alpha value is -1.75. The molecular formula is C13H9BrFNO2. The van der Waals surface area contributed by atoms with Crippen LogP contribution in [-0.2, 0) is 0 Å². The molecule has 92 valence electrons. The van der Waals surface area contributed by atoms with Crippen molar-refractivity contribution in [1.82, 2.24) is 4.98 Å². The van der Waals surface area contributed by atoms with Gasteiger partial charge in [-0.05, 0) is 25.1 Å². The number of pyridine rings is 1. The third-order valence-corrected chi connectivity index (χ3v) is 2.66. The molecule has 0 N–H and O–H groups in total. The molecule has 0 fully saturated rings. The first-order chi connectivity index (χ1) is 8.54. The van der Waals surface area contributed by atoms with Gasteiger partial charge < -0.3 is 4.74 Å². The van der Waals surface area contributed by atoms with E-state index < -0.39 is 5.82 Å². The minimum atomic E-state index is -0.415. The number of carbonyl (C=O) groups is 1. The molecule has 1 aromatic heterocycles. The maximum atomic E-state index is 13.2. The SMILES string of the molecule is CC(=O)c1ccnc(Oc2cc(F)cc(Br)c2)c1. The highest BCUT2D eigenvalue weighted by Crippen LogP contribution is 2.25. The molecule has 0 spiro atoms. The lowest BCUT2D eigenvalue weighted by atomic mass is 10.2. The largest absolute Gasteiger partial charge is 0.439 e. The van der Waals surface area contributed by atoms with Crippen molar-refractivity contribution in [2.75, 3.05) is 0 Å². The van der Waals surface area contributed by atoms with Crippen molar-refractivity contribution in [2.45, 2.75) is 6.92 Å². The van der Waals surface area contributed by atoms with Crippen molar-refractivity contribution >= 4 is 21.7 Å². The van der Waals surface area contributed by atoms with Crippen molar-refractivity contribution in [3.05, 3.63) is 52.4 Å².